The molecule has 0 bridgehead atoms. The molecular formula is C10H16ClN5O. The van der Waals surface area contributed by atoms with Gasteiger partial charge in [0.1, 0.15) is 0 Å². The van der Waals surface area contributed by atoms with Gasteiger partial charge in [-0.15, -0.1) is 0 Å². The lowest BCUT2D eigenvalue weighted by molar-refractivity contribution is 0.0948. The molecule has 94 valence electrons. The maximum absolute atomic E-state index is 11.7. The molecule has 1 aromatic rings. The first-order chi connectivity index (χ1) is 8.06. The van der Waals surface area contributed by atoms with Crippen LogP contribution in [0.5, 0.6) is 0 Å². The predicted molar refractivity (Wildman–Crippen MR) is 67.7 cm³/mol. The summed E-state index contributed by atoms with van der Waals surface area (Å²) in [5, 5.41) is 2.68. The number of nitrogens with one attached hydrogen (secondary N) is 1. The Morgan fingerprint density at radius 3 is 2.65 bits per heavy atom. The quantitative estimate of drug-likeness (QED) is 0.688. The molecule has 0 saturated heterocycles. The van der Waals surface area contributed by atoms with Gasteiger partial charge < -0.3 is 16.8 Å². The Morgan fingerprint density at radius 2 is 2.00 bits per heavy atom. The van der Waals surface area contributed by atoms with Crippen LogP contribution in [0.25, 0.3) is 0 Å². The molecule has 0 radical (unpaired) electrons. The third-order valence-electron chi connectivity index (χ3n) is 2.19. The molecule has 7 heteroatoms. The molecule has 5 N–H and O–H groups in total. The van der Waals surface area contributed by atoms with Gasteiger partial charge in [0.25, 0.3) is 5.91 Å². The first-order valence-electron chi connectivity index (χ1n) is 5.43. The number of nitrogen functional groups attached to an aromatic ring is 2. The SMILES string of the molecule is CCCCCNC(=O)c1nc(Cl)c(N)nc1N. The van der Waals surface area contributed by atoms with E-state index in [0.29, 0.717) is 6.54 Å². The summed E-state index contributed by atoms with van der Waals surface area (Å²) < 4.78 is 0. The number of rotatable bonds is 5. The van der Waals surface area contributed by atoms with Crippen LogP contribution < -0.4 is 16.8 Å². The Balaban J connectivity index is 2.66. The molecule has 0 unspecified atom stereocenters. The van der Waals surface area contributed by atoms with Gasteiger partial charge in [0.2, 0.25) is 0 Å². The van der Waals surface area contributed by atoms with E-state index < -0.39 is 0 Å². The van der Waals surface area contributed by atoms with Crippen LogP contribution in [-0.2, 0) is 0 Å². The number of halogens is 1. The summed E-state index contributed by atoms with van der Waals surface area (Å²) in [5.41, 5.74) is 11.0. The number of carbonyl (C=O) groups is 1. The second kappa shape index (κ2) is 6.24. The van der Waals surface area contributed by atoms with Crippen molar-refractivity contribution in [2.75, 3.05) is 18.0 Å². The van der Waals surface area contributed by atoms with Crippen molar-refractivity contribution in [2.45, 2.75) is 26.2 Å². The van der Waals surface area contributed by atoms with Crippen molar-refractivity contribution in [3.05, 3.63) is 10.8 Å². The van der Waals surface area contributed by atoms with Gasteiger partial charge in [0.15, 0.2) is 22.5 Å². The maximum Gasteiger partial charge on any atom is 0.273 e. The molecule has 1 amide bonds. The van der Waals surface area contributed by atoms with Gasteiger partial charge in [-0.3, -0.25) is 4.79 Å². The summed E-state index contributed by atoms with van der Waals surface area (Å²) in [6.07, 6.45) is 3.06. The lowest BCUT2D eigenvalue weighted by Gasteiger charge is -2.07. The molecule has 0 atom stereocenters. The van der Waals surface area contributed by atoms with E-state index in [1.807, 2.05) is 0 Å². The van der Waals surface area contributed by atoms with Crippen molar-refractivity contribution in [3.63, 3.8) is 0 Å². The third kappa shape index (κ3) is 3.74. The summed E-state index contributed by atoms with van der Waals surface area (Å²) in [4.78, 5) is 19.2. The number of unbranched alkanes of at least 4 members (excludes halogenated alkanes) is 2. The first-order valence-corrected chi connectivity index (χ1v) is 5.80. The second-order valence-corrected chi connectivity index (χ2v) is 3.95. The van der Waals surface area contributed by atoms with E-state index in [0.717, 1.165) is 19.3 Å². The van der Waals surface area contributed by atoms with Crippen LogP contribution in [0, 0.1) is 0 Å². The Morgan fingerprint density at radius 1 is 1.29 bits per heavy atom. The van der Waals surface area contributed by atoms with Crippen molar-refractivity contribution in [1.82, 2.24) is 15.3 Å². The fraction of sp³-hybridized carbons (Fsp3) is 0.500. The fourth-order valence-electron chi connectivity index (χ4n) is 1.27. The van der Waals surface area contributed by atoms with E-state index in [-0.39, 0.29) is 28.4 Å². The van der Waals surface area contributed by atoms with Crippen LogP contribution in [0.15, 0.2) is 0 Å². The van der Waals surface area contributed by atoms with E-state index in [2.05, 4.69) is 22.2 Å². The number of nitrogens with two attached hydrogens (primary N) is 2. The lowest BCUT2D eigenvalue weighted by Crippen LogP contribution is -2.27. The van der Waals surface area contributed by atoms with Gasteiger partial charge in [-0.1, -0.05) is 31.4 Å². The van der Waals surface area contributed by atoms with Crippen LogP contribution in [0.1, 0.15) is 36.7 Å². The van der Waals surface area contributed by atoms with Crippen molar-refractivity contribution in [2.24, 2.45) is 0 Å². The molecule has 0 aliphatic carbocycles. The molecule has 6 nitrogen and oxygen atoms in total. The van der Waals surface area contributed by atoms with Crippen molar-refractivity contribution < 1.29 is 4.79 Å². The number of anilines is 2. The zero-order valence-corrected chi connectivity index (χ0v) is 10.4. The number of nitrogens with zero attached hydrogens (tertiary/aromatic N) is 2. The van der Waals surface area contributed by atoms with Gasteiger partial charge in [0, 0.05) is 6.54 Å². The van der Waals surface area contributed by atoms with Crippen LogP contribution in [0.4, 0.5) is 11.6 Å². The smallest absolute Gasteiger partial charge is 0.273 e. The zero-order chi connectivity index (χ0) is 12.8. The highest BCUT2D eigenvalue weighted by Gasteiger charge is 2.15. The van der Waals surface area contributed by atoms with E-state index >= 15 is 0 Å². The molecule has 1 rings (SSSR count). The Hall–Kier alpha value is -1.56. The summed E-state index contributed by atoms with van der Waals surface area (Å²) in [6, 6.07) is 0. The fourth-order valence-corrected chi connectivity index (χ4v) is 1.40. The number of hydrogen-bond acceptors (Lipinski definition) is 5. The van der Waals surface area contributed by atoms with Gasteiger partial charge in [-0.2, -0.15) is 0 Å². The maximum atomic E-state index is 11.7. The average Bonchev–Trinajstić information content (AvgIpc) is 2.29. The van der Waals surface area contributed by atoms with Gasteiger partial charge in [0.05, 0.1) is 0 Å². The van der Waals surface area contributed by atoms with Crippen LogP contribution in [0.3, 0.4) is 0 Å². The summed E-state index contributed by atoms with van der Waals surface area (Å²) in [6.45, 7) is 2.67. The molecule has 1 heterocycles. The molecular weight excluding hydrogens is 242 g/mol. The molecule has 17 heavy (non-hydrogen) atoms. The highest BCUT2D eigenvalue weighted by atomic mass is 35.5. The molecule has 0 fully saturated rings. The summed E-state index contributed by atoms with van der Waals surface area (Å²) >= 11 is 5.68. The Kier molecular flexibility index (Phi) is 4.96. The van der Waals surface area contributed by atoms with Gasteiger partial charge in [-0.05, 0) is 6.42 Å². The van der Waals surface area contributed by atoms with Crippen molar-refractivity contribution in [1.29, 1.82) is 0 Å². The predicted octanol–water partition coefficient (Wildman–Crippen LogP) is 1.21. The monoisotopic (exact) mass is 257 g/mol. The van der Waals surface area contributed by atoms with Gasteiger partial charge >= 0.3 is 0 Å². The van der Waals surface area contributed by atoms with Crippen molar-refractivity contribution in [3.8, 4) is 0 Å². The molecule has 0 aliphatic rings. The number of hydrogen-bond donors (Lipinski definition) is 3. The molecule has 0 aliphatic heterocycles. The molecule has 0 aromatic carbocycles. The Labute approximate surface area is 105 Å². The minimum absolute atomic E-state index is 0.0140. The molecule has 0 saturated carbocycles. The number of aromatic nitrogens is 2. The normalized spacial score (nSPS) is 10.2. The molecule has 1 aromatic heterocycles. The standard InChI is InChI=1S/C10H16ClN5O/c1-2-3-4-5-14-10(17)6-8(12)16-9(13)7(11)15-6/h2-5H2,1H3,(H,14,17)(H4,12,13,16). The molecule has 0 spiro atoms. The largest absolute Gasteiger partial charge is 0.382 e. The minimum atomic E-state index is -0.381. The lowest BCUT2D eigenvalue weighted by atomic mass is 10.2. The summed E-state index contributed by atoms with van der Waals surface area (Å²) in [5.74, 6) is -0.375. The topological polar surface area (TPSA) is 107 Å². The van der Waals surface area contributed by atoms with Crippen LogP contribution in [-0.4, -0.2) is 22.4 Å². The first kappa shape index (κ1) is 13.5. The highest BCUT2D eigenvalue weighted by Crippen LogP contribution is 2.17. The number of amides is 1. The zero-order valence-electron chi connectivity index (χ0n) is 9.66. The van der Waals surface area contributed by atoms with Crippen LogP contribution in [0.2, 0.25) is 5.15 Å². The van der Waals surface area contributed by atoms with E-state index in [1.54, 1.807) is 0 Å². The highest BCUT2D eigenvalue weighted by molar-refractivity contribution is 6.31. The Bertz CT molecular complexity index is 410. The second-order valence-electron chi connectivity index (χ2n) is 3.60. The van der Waals surface area contributed by atoms with E-state index in [9.17, 15) is 4.79 Å². The summed E-state index contributed by atoms with van der Waals surface area (Å²) in [7, 11) is 0. The van der Waals surface area contributed by atoms with Gasteiger partial charge in [-0.25, -0.2) is 9.97 Å². The minimum Gasteiger partial charge on any atom is -0.382 e. The number of carbonyl (C=O) groups excluding carboxylic acids is 1. The third-order valence-corrected chi connectivity index (χ3v) is 2.46. The average molecular weight is 258 g/mol. The van der Waals surface area contributed by atoms with Crippen molar-refractivity contribution >= 4 is 29.1 Å². The van der Waals surface area contributed by atoms with Crippen LogP contribution >= 0.6 is 11.6 Å². The van der Waals surface area contributed by atoms with E-state index in [4.69, 9.17) is 23.1 Å². The van der Waals surface area contributed by atoms with E-state index in [1.165, 1.54) is 0 Å².